The molecular weight excluding hydrogens is 314 g/mol. The molecule has 0 radical (unpaired) electrons. The summed E-state index contributed by atoms with van der Waals surface area (Å²) in [5.74, 6) is 5.85. The number of rotatable bonds is 6. The number of hydrogen-bond acceptors (Lipinski definition) is 3. The summed E-state index contributed by atoms with van der Waals surface area (Å²) < 4.78 is 7.41. The number of methoxy groups -OCH3 is 1. The van der Waals surface area contributed by atoms with E-state index in [4.69, 9.17) is 10.6 Å². The van der Waals surface area contributed by atoms with Gasteiger partial charge in [0.1, 0.15) is 12.3 Å². The number of fused-ring (bicyclic) bond motifs is 1. The number of carbonyl (C=O) groups excluding carboxylic acids is 1. The lowest BCUT2D eigenvalue weighted by molar-refractivity contribution is -0.121. The minimum atomic E-state index is -0.222. The molecule has 0 saturated carbocycles. The van der Waals surface area contributed by atoms with Crippen LogP contribution in [0.3, 0.4) is 0 Å². The van der Waals surface area contributed by atoms with Crippen LogP contribution in [0.2, 0.25) is 0 Å². The van der Waals surface area contributed by atoms with E-state index in [1.165, 1.54) is 11.1 Å². The summed E-state index contributed by atoms with van der Waals surface area (Å²) in [5, 5.41) is 1.14. The summed E-state index contributed by atoms with van der Waals surface area (Å²) in [6, 6.07) is 16.4. The maximum absolute atomic E-state index is 11.9. The van der Waals surface area contributed by atoms with Gasteiger partial charge in [-0.15, -0.1) is 0 Å². The normalized spacial score (nSPS) is 10.8. The number of nitrogens with zero attached hydrogens (tertiary/aromatic N) is 1. The number of ether oxygens (including phenoxy) is 1. The second kappa shape index (κ2) is 7.40. The van der Waals surface area contributed by atoms with Crippen LogP contribution < -0.4 is 16.0 Å². The van der Waals surface area contributed by atoms with Gasteiger partial charge in [0.25, 0.3) is 5.91 Å². The molecule has 0 aliphatic carbocycles. The second-order valence-corrected chi connectivity index (χ2v) is 5.98. The molecular formula is C20H23N3O2. The number of hydrazine groups is 1. The second-order valence-electron chi connectivity index (χ2n) is 5.98. The van der Waals surface area contributed by atoms with Crippen molar-refractivity contribution in [1.29, 1.82) is 0 Å². The van der Waals surface area contributed by atoms with Gasteiger partial charge in [-0.05, 0) is 36.1 Å². The van der Waals surface area contributed by atoms with E-state index in [1.54, 1.807) is 7.11 Å². The first-order chi connectivity index (χ1) is 12.2. The van der Waals surface area contributed by atoms with E-state index in [1.807, 2.05) is 34.9 Å². The molecule has 0 unspecified atom stereocenters. The SMILES string of the molecule is CCc1c(Cc2ccccc2)c2ccc(OC)cc2n1CC(=O)NN. The fourth-order valence-electron chi connectivity index (χ4n) is 3.35. The zero-order chi connectivity index (χ0) is 17.8. The van der Waals surface area contributed by atoms with Gasteiger partial charge in [-0.25, -0.2) is 5.84 Å². The first-order valence-corrected chi connectivity index (χ1v) is 8.39. The van der Waals surface area contributed by atoms with Crippen LogP contribution in [0, 0.1) is 0 Å². The van der Waals surface area contributed by atoms with Crippen molar-refractivity contribution in [2.24, 2.45) is 5.84 Å². The van der Waals surface area contributed by atoms with E-state index < -0.39 is 0 Å². The molecule has 0 atom stereocenters. The Balaban J connectivity index is 2.18. The highest BCUT2D eigenvalue weighted by atomic mass is 16.5. The van der Waals surface area contributed by atoms with Gasteiger partial charge in [0.05, 0.1) is 12.6 Å². The molecule has 0 bridgehead atoms. The Morgan fingerprint density at radius 1 is 1.20 bits per heavy atom. The Kier molecular flexibility index (Phi) is 5.05. The van der Waals surface area contributed by atoms with E-state index in [2.05, 4.69) is 30.5 Å². The maximum atomic E-state index is 11.9. The highest BCUT2D eigenvalue weighted by molar-refractivity contribution is 5.89. The Hall–Kier alpha value is -2.79. The van der Waals surface area contributed by atoms with Crippen LogP contribution >= 0.6 is 0 Å². The number of aromatic nitrogens is 1. The number of nitrogens with two attached hydrogens (primary N) is 1. The van der Waals surface area contributed by atoms with Crippen molar-refractivity contribution in [2.45, 2.75) is 26.3 Å². The molecule has 25 heavy (non-hydrogen) atoms. The molecule has 1 aromatic heterocycles. The molecule has 5 heteroatoms. The van der Waals surface area contributed by atoms with Crippen LogP contribution in [0.5, 0.6) is 5.75 Å². The monoisotopic (exact) mass is 337 g/mol. The van der Waals surface area contributed by atoms with Gasteiger partial charge in [-0.2, -0.15) is 0 Å². The smallest absolute Gasteiger partial charge is 0.253 e. The Morgan fingerprint density at radius 2 is 1.96 bits per heavy atom. The molecule has 0 aliphatic heterocycles. The minimum absolute atomic E-state index is 0.193. The standard InChI is InChI=1S/C20H23N3O2/c1-3-18-17(11-14-7-5-4-6-8-14)16-10-9-15(25-2)12-19(16)23(18)13-20(24)22-21/h4-10,12H,3,11,13,21H2,1-2H3,(H,22,24). The molecule has 5 nitrogen and oxygen atoms in total. The fourth-order valence-corrected chi connectivity index (χ4v) is 3.35. The quantitative estimate of drug-likeness (QED) is 0.413. The van der Waals surface area contributed by atoms with Gasteiger partial charge >= 0.3 is 0 Å². The van der Waals surface area contributed by atoms with Crippen molar-refractivity contribution in [3.05, 3.63) is 65.4 Å². The van der Waals surface area contributed by atoms with Crippen LogP contribution in [0.1, 0.15) is 23.7 Å². The van der Waals surface area contributed by atoms with Gasteiger partial charge in [-0.1, -0.05) is 37.3 Å². The lowest BCUT2D eigenvalue weighted by Gasteiger charge is -2.10. The van der Waals surface area contributed by atoms with Crippen LogP contribution in [0.25, 0.3) is 10.9 Å². The van der Waals surface area contributed by atoms with Gasteiger partial charge in [-0.3, -0.25) is 10.2 Å². The Morgan fingerprint density at radius 3 is 2.60 bits per heavy atom. The number of nitrogens with one attached hydrogen (secondary N) is 1. The third kappa shape index (κ3) is 3.37. The zero-order valence-corrected chi connectivity index (χ0v) is 14.6. The average molecular weight is 337 g/mol. The molecule has 1 heterocycles. The number of carbonyl (C=O) groups is 1. The predicted octanol–water partition coefficient (Wildman–Crippen LogP) is 2.79. The molecule has 3 N–H and O–H groups in total. The summed E-state index contributed by atoms with van der Waals surface area (Å²) in [6.45, 7) is 2.30. The van der Waals surface area contributed by atoms with Gasteiger partial charge < -0.3 is 9.30 Å². The van der Waals surface area contributed by atoms with Crippen LogP contribution in [-0.2, 0) is 24.2 Å². The minimum Gasteiger partial charge on any atom is -0.497 e. The molecule has 2 aromatic carbocycles. The number of benzene rings is 2. The first kappa shape index (κ1) is 17.0. The number of amides is 1. The fraction of sp³-hybridized carbons (Fsp3) is 0.250. The van der Waals surface area contributed by atoms with E-state index in [0.717, 1.165) is 35.2 Å². The van der Waals surface area contributed by atoms with E-state index in [-0.39, 0.29) is 12.5 Å². The molecule has 0 spiro atoms. The summed E-state index contributed by atoms with van der Waals surface area (Å²) >= 11 is 0. The van der Waals surface area contributed by atoms with Gasteiger partial charge in [0.2, 0.25) is 0 Å². The van der Waals surface area contributed by atoms with Gasteiger partial charge in [0.15, 0.2) is 0 Å². The van der Waals surface area contributed by atoms with Crippen LogP contribution in [0.4, 0.5) is 0 Å². The summed E-state index contributed by atoms with van der Waals surface area (Å²) in [5.41, 5.74) is 6.86. The van der Waals surface area contributed by atoms with Crippen molar-refractivity contribution in [3.8, 4) is 5.75 Å². The molecule has 0 saturated heterocycles. The summed E-state index contributed by atoms with van der Waals surface area (Å²) in [6.07, 6.45) is 1.65. The van der Waals surface area contributed by atoms with Crippen molar-refractivity contribution < 1.29 is 9.53 Å². The van der Waals surface area contributed by atoms with Crippen molar-refractivity contribution in [3.63, 3.8) is 0 Å². The molecule has 0 fully saturated rings. The van der Waals surface area contributed by atoms with E-state index in [0.29, 0.717) is 0 Å². The summed E-state index contributed by atoms with van der Waals surface area (Å²) in [4.78, 5) is 11.9. The highest BCUT2D eigenvalue weighted by Gasteiger charge is 2.18. The van der Waals surface area contributed by atoms with E-state index >= 15 is 0 Å². The average Bonchev–Trinajstić information content (AvgIpc) is 2.94. The molecule has 3 aromatic rings. The number of hydrogen-bond donors (Lipinski definition) is 2. The molecule has 3 rings (SSSR count). The third-order valence-electron chi connectivity index (χ3n) is 4.52. The van der Waals surface area contributed by atoms with Crippen LogP contribution in [-0.4, -0.2) is 17.6 Å². The van der Waals surface area contributed by atoms with Crippen molar-refractivity contribution in [1.82, 2.24) is 9.99 Å². The predicted molar refractivity (Wildman–Crippen MR) is 99.4 cm³/mol. The molecule has 130 valence electrons. The lowest BCUT2D eigenvalue weighted by Crippen LogP contribution is -2.33. The highest BCUT2D eigenvalue weighted by Crippen LogP contribution is 2.31. The van der Waals surface area contributed by atoms with Gasteiger partial charge in [0, 0.05) is 17.1 Å². The molecule has 1 amide bonds. The molecule has 0 aliphatic rings. The lowest BCUT2D eigenvalue weighted by atomic mass is 10.0. The van der Waals surface area contributed by atoms with Crippen molar-refractivity contribution in [2.75, 3.05) is 7.11 Å². The summed E-state index contributed by atoms with van der Waals surface area (Å²) in [7, 11) is 1.65. The largest absolute Gasteiger partial charge is 0.497 e. The van der Waals surface area contributed by atoms with E-state index in [9.17, 15) is 4.79 Å². The zero-order valence-electron chi connectivity index (χ0n) is 14.6. The Labute approximate surface area is 147 Å². The maximum Gasteiger partial charge on any atom is 0.253 e. The van der Waals surface area contributed by atoms with Crippen molar-refractivity contribution >= 4 is 16.8 Å². The van der Waals surface area contributed by atoms with Crippen LogP contribution in [0.15, 0.2) is 48.5 Å². The third-order valence-corrected chi connectivity index (χ3v) is 4.52. The topological polar surface area (TPSA) is 69.3 Å². The Bertz CT molecular complexity index is 885. The first-order valence-electron chi connectivity index (χ1n) is 8.39.